The molecule has 33 heavy (non-hydrogen) atoms. The lowest BCUT2D eigenvalue weighted by Crippen LogP contribution is -2.12. The minimum Gasteiger partial charge on any atom is -0.399 e. The summed E-state index contributed by atoms with van der Waals surface area (Å²) < 4.78 is 0. The van der Waals surface area contributed by atoms with Gasteiger partial charge in [-0.3, -0.25) is 10.1 Å². The van der Waals surface area contributed by atoms with Gasteiger partial charge in [-0.2, -0.15) is 0 Å². The molecular weight excluding hydrogens is 412 g/mol. The fourth-order valence-electron chi connectivity index (χ4n) is 4.81. The smallest absolute Gasteiger partial charge is 0.269 e. The summed E-state index contributed by atoms with van der Waals surface area (Å²) in [6.45, 7) is 0. The van der Waals surface area contributed by atoms with Gasteiger partial charge in [0.15, 0.2) is 0 Å². The molecule has 0 heterocycles. The first-order chi connectivity index (χ1) is 15.8. The summed E-state index contributed by atoms with van der Waals surface area (Å²) >= 11 is 0. The Balaban J connectivity index is 1.86. The van der Waals surface area contributed by atoms with Crippen LogP contribution < -0.4 is 16.4 Å². The molecule has 0 saturated heterocycles. The molecule has 4 aromatic rings. The Kier molecular flexibility index (Phi) is 4.78. The van der Waals surface area contributed by atoms with E-state index in [2.05, 4.69) is 17.0 Å². The highest BCUT2D eigenvalue weighted by Crippen LogP contribution is 2.54. The standard InChI is InChI=1S/C27H24N4O2/c1-30(2)24-14-13-22-21-12-11-20(31(32)33)15-23(21)25(16-3-7-18(28)8-4-16)27(22)26(24)17-5-9-19(29)10-6-17/h3-15,25H,28-29H2,1-2H3. The van der Waals surface area contributed by atoms with Gasteiger partial charge in [0.25, 0.3) is 5.69 Å². The summed E-state index contributed by atoms with van der Waals surface area (Å²) in [4.78, 5) is 13.4. The minimum absolute atomic E-state index is 0.0869. The fraction of sp³-hybridized carbons (Fsp3) is 0.111. The molecule has 0 radical (unpaired) electrons. The summed E-state index contributed by atoms with van der Waals surface area (Å²) in [6, 6.07) is 25.0. The molecule has 0 bridgehead atoms. The second-order valence-corrected chi connectivity index (χ2v) is 8.57. The molecule has 5 rings (SSSR count). The maximum atomic E-state index is 11.6. The molecule has 6 nitrogen and oxygen atoms in total. The molecule has 164 valence electrons. The molecule has 0 aliphatic heterocycles. The van der Waals surface area contributed by atoms with Crippen molar-refractivity contribution < 1.29 is 4.92 Å². The highest BCUT2D eigenvalue weighted by molar-refractivity contribution is 5.94. The van der Waals surface area contributed by atoms with Crippen LogP contribution in [-0.2, 0) is 0 Å². The summed E-state index contributed by atoms with van der Waals surface area (Å²) in [5.74, 6) is -0.164. The largest absolute Gasteiger partial charge is 0.399 e. The Morgan fingerprint density at radius 3 is 2.03 bits per heavy atom. The van der Waals surface area contributed by atoms with Crippen molar-refractivity contribution in [1.29, 1.82) is 0 Å². The van der Waals surface area contributed by atoms with Crippen molar-refractivity contribution in [3.8, 4) is 22.3 Å². The van der Waals surface area contributed by atoms with Gasteiger partial charge >= 0.3 is 0 Å². The van der Waals surface area contributed by atoms with Crippen molar-refractivity contribution in [2.45, 2.75) is 5.92 Å². The van der Waals surface area contributed by atoms with Crippen LogP contribution in [0.2, 0.25) is 0 Å². The highest BCUT2D eigenvalue weighted by Gasteiger charge is 2.35. The summed E-state index contributed by atoms with van der Waals surface area (Å²) in [5, 5.41) is 11.6. The monoisotopic (exact) mass is 436 g/mol. The Labute approximate surface area is 192 Å². The molecule has 0 aromatic heterocycles. The van der Waals surface area contributed by atoms with Crippen LogP contribution in [0.15, 0.2) is 78.9 Å². The van der Waals surface area contributed by atoms with E-state index in [0.717, 1.165) is 44.6 Å². The van der Waals surface area contributed by atoms with Gasteiger partial charge in [0, 0.05) is 54.8 Å². The number of nitrogens with zero attached hydrogens (tertiary/aromatic N) is 2. The van der Waals surface area contributed by atoms with Crippen LogP contribution in [-0.4, -0.2) is 19.0 Å². The van der Waals surface area contributed by atoms with Crippen molar-refractivity contribution in [2.75, 3.05) is 30.5 Å². The van der Waals surface area contributed by atoms with Gasteiger partial charge in [0.1, 0.15) is 0 Å². The number of hydrogen-bond donors (Lipinski definition) is 2. The normalized spacial score (nSPS) is 13.9. The molecule has 4 aromatic carbocycles. The van der Waals surface area contributed by atoms with Crippen molar-refractivity contribution >= 4 is 22.7 Å². The number of benzene rings is 4. The average molecular weight is 437 g/mol. The zero-order chi connectivity index (χ0) is 23.3. The van der Waals surface area contributed by atoms with E-state index in [1.54, 1.807) is 12.1 Å². The zero-order valence-corrected chi connectivity index (χ0v) is 18.4. The number of fused-ring (bicyclic) bond motifs is 3. The number of hydrogen-bond acceptors (Lipinski definition) is 5. The van der Waals surface area contributed by atoms with E-state index in [4.69, 9.17) is 11.5 Å². The summed E-state index contributed by atoms with van der Waals surface area (Å²) in [5.41, 5.74) is 21.8. The maximum Gasteiger partial charge on any atom is 0.269 e. The molecule has 0 fully saturated rings. The van der Waals surface area contributed by atoms with Crippen LogP contribution in [0.1, 0.15) is 22.6 Å². The van der Waals surface area contributed by atoms with Gasteiger partial charge in [-0.05, 0) is 69.8 Å². The van der Waals surface area contributed by atoms with E-state index >= 15 is 0 Å². The first-order valence-electron chi connectivity index (χ1n) is 10.7. The lowest BCUT2D eigenvalue weighted by Gasteiger charge is -2.24. The van der Waals surface area contributed by atoms with Crippen molar-refractivity contribution in [3.05, 3.63) is 106 Å². The quantitative estimate of drug-likeness (QED) is 0.215. The third-order valence-electron chi connectivity index (χ3n) is 6.31. The van der Waals surface area contributed by atoms with Crippen LogP contribution in [0, 0.1) is 10.1 Å². The van der Waals surface area contributed by atoms with E-state index in [-0.39, 0.29) is 16.5 Å². The van der Waals surface area contributed by atoms with Crippen LogP contribution in [0.25, 0.3) is 22.3 Å². The molecule has 0 saturated carbocycles. The van der Waals surface area contributed by atoms with Crippen LogP contribution >= 0.6 is 0 Å². The topological polar surface area (TPSA) is 98.4 Å². The van der Waals surface area contributed by atoms with Gasteiger partial charge in [-0.15, -0.1) is 0 Å². The van der Waals surface area contributed by atoms with Crippen molar-refractivity contribution in [1.82, 2.24) is 0 Å². The van der Waals surface area contributed by atoms with Gasteiger partial charge < -0.3 is 16.4 Å². The predicted molar refractivity (Wildman–Crippen MR) is 135 cm³/mol. The van der Waals surface area contributed by atoms with Crippen molar-refractivity contribution in [3.63, 3.8) is 0 Å². The lowest BCUT2D eigenvalue weighted by molar-refractivity contribution is -0.384. The van der Waals surface area contributed by atoms with E-state index < -0.39 is 0 Å². The Bertz CT molecular complexity index is 1380. The third-order valence-corrected chi connectivity index (χ3v) is 6.31. The second kappa shape index (κ2) is 7.67. The first-order valence-corrected chi connectivity index (χ1v) is 10.7. The molecule has 1 aliphatic carbocycles. The molecule has 1 atom stereocenters. The number of non-ortho nitro benzene ring substituents is 1. The Hall–Kier alpha value is -4.32. The van der Waals surface area contributed by atoms with Gasteiger partial charge in [0.2, 0.25) is 0 Å². The SMILES string of the molecule is CN(C)c1ccc2c(c1-c1ccc(N)cc1)C(c1ccc(N)cc1)c1cc([N+](=O)[O-])ccc1-2. The number of nitrogen functional groups attached to an aromatic ring is 2. The molecule has 4 N–H and O–H groups in total. The average Bonchev–Trinajstić information content (AvgIpc) is 3.13. The molecule has 0 spiro atoms. The van der Waals surface area contributed by atoms with E-state index in [1.165, 1.54) is 0 Å². The number of nitro benzene ring substituents is 1. The van der Waals surface area contributed by atoms with E-state index in [1.807, 2.05) is 68.7 Å². The number of anilines is 3. The number of nitrogens with two attached hydrogens (primary N) is 2. The molecule has 1 aliphatic rings. The van der Waals surface area contributed by atoms with Crippen LogP contribution in [0.4, 0.5) is 22.7 Å². The second-order valence-electron chi connectivity index (χ2n) is 8.57. The number of rotatable bonds is 4. The van der Waals surface area contributed by atoms with Gasteiger partial charge in [0.05, 0.1) is 4.92 Å². The highest BCUT2D eigenvalue weighted by atomic mass is 16.6. The first kappa shape index (κ1) is 20.6. The van der Waals surface area contributed by atoms with Gasteiger partial charge in [-0.25, -0.2) is 0 Å². The summed E-state index contributed by atoms with van der Waals surface area (Å²) in [6.07, 6.45) is 0. The maximum absolute atomic E-state index is 11.6. The lowest BCUT2D eigenvalue weighted by atomic mass is 9.84. The van der Waals surface area contributed by atoms with Crippen LogP contribution in [0.3, 0.4) is 0 Å². The molecular formula is C27H24N4O2. The number of nitro groups is 1. The third kappa shape index (κ3) is 3.36. The Morgan fingerprint density at radius 1 is 0.818 bits per heavy atom. The van der Waals surface area contributed by atoms with E-state index in [9.17, 15) is 10.1 Å². The fourth-order valence-corrected chi connectivity index (χ4v) is 4.81. The summed E-state index contributed by atoms with van der Waals surface area (Å²) in [7, 11) is 4.04. The predicted octanol–water partition coefficient (Wildman–Crippen LogP) is 5.65. The zero-order valence-electron chi connectivity index (χ0n) is 18.4. The Morgan fingerprint density at radius 2 is 1.42 bits per heavy atom. The van der Waals surface area contributed by atoms with Crippen LogP contribution in [0.5, 0.6) is 0 Å². The molecule has 0 amide bonds. The minimum atomic E-state index is -0.338. The van der Waals surface area contributed by atoms with Crippen molar-refractivity contribution in [2.24, 2.45) is 0 Å². The van der Waals surface area contributed by atoms with Gasteiger partial charge in [-0.1, -0.05) is 30.3 Å². The molecule has 1 unspecified atom stereocenters. The molecule has 6 heteroatoms. The van der Waals surface area contributed by atoms with E-state index in [0.29, 0.717) is 11.4 Å².